The van der Waals surface area contributed by atoms with Gasteiger partial charge in [-0.15, -0.1) is 0 Å². The maximum absolute atomic E-state index is 10.6. The van der Waals surface area contributed by atoms with E-state index in [2.05, 4.69) is 0 Å². The van der Waals surface area contributed by atoms with Crippen molar-refractivity contribution in [3.8, 4) is 0 Å². The molecule has 0 aliphatic heterocycles. The molecule has 0 bridgehead atoms. The van der Waals surface area contributed by atoms with Crippen molar-refractivity contribution in [3.05, 3.63) is 64.2 Å². The molecule has 0 spiro atoms. The molecule has 0 fully saturated rings. The highest BCUT2D eigenvalue weighted by Gasteiger charge is 2.12. The normalized spacial score (nSPS) is 10.2. The fraction of sp³-hybridized carbons (Fsp3) is 0.0769. The maximum Gasteiger partial charge on any atom is 0.271 e. The van der Waals surface area contributed by atoms with E-state index in [1.807, 2.05) is 30.3 Å². The molecular weight excluding hydrogens is 244 g/mol. The molecule has 98 valence electrons. The second-order valence-corrected chi connectivity index (χ2v) is 4.11. The van der Waals surface area contributed by atoms with Crippen LogP contribution in [0.2, 0.25) is 0 Å². The van der Waals surface area contributed by atoms with Crippen molar-refractivity contribution in [2.24, 2.45) is 5.84 Å². The first kappa shape index (κ1) is 12.8. The predicted molar refractivity (Wildman–Crippen MR) is 74.3 cm³/mol. The summed E-state index contributed by atoms with van der Waals surface area (Å²) >= 11 is 0. The van der Waals surface area contributed by atoms with E-state index in [1.54, 1.807) is 6.07 Å². The summed E-state index contributed by atoms with van der Waals surface area (Å²) in [6.07, 6.45) is 0. The summed E-state index contributed by atoms with van der Waals surface area (Å²) in [5, 5.41) is 12.1. The van der Waals surface area contributed by atoms with Crippen LogP contribution in [-0.4, -0.2) is 4.92 Å². The molecule has 4 N–H and O–H groups in total. The van der Waals surface area contributed by atoms with Crippen molar-refractivity contribution < 1.29 is 4.92 Å². The number of nitrogens with two attached hydrogens (primary N) is 2. The molecular formula is C13H14N4O2. The third kappa shape index (κ3) is 2.99. The highest BCUT2D eigenvalue weighted by Crippen LogP contribution is 2.26. The molecule has 2 aromatic carbocycles. The molecule has 6 heteroatoms. The van der Waals surface area contributed by atoms with Gasteiger partial charge in [0.05, 0.1) is 22.8 Å². The van der Waals surface area contributed by atoms with Crippen molar-refractivity contribution in [3.63, 3.8) is 0 Å². The molecule has 0 atom stereocenters. The number of anilines is 2. The monoisotopic (exact) mass is 258 g/mol. The number of nitro groups is 1. The van der Waals surface area contributed by atoms with Gasteiger partial charge in [0, 0.05) is 12.1 Å². The van der Waals surface area contributed by atoms with Crippen LogP contribution in [0.15, 0.2) is 48.5 Å². The number of hydrogen-bond acceptors (Lipinski definition) is 5. The molecule has 0 saturated heterocycles. The van der Waals surface area contributed by atoms with Gasteiger partial charge in [-0.25, -0.2) is 5.84 Å². The van der Waals surface area contributed by atoms with Crippen LogP contribution in [0.1, 0.15) is 5.56 Å². The lowest BCUT2D eigenvalue weighted by Crippen LogP contribution is -2.30. The van der Waals surface area contributed by atoms with E-state index in [4.69, 9.17) is 11.6 Å². The number of hydrogen-bond donors (Lipinski definition) is 2. The highest BCUT2D eigenvalue weighted by atomic mass is 16.6. The number of nitro benzene ring substituents is 1. The lowest BCUT2D eigenvalue weighted by atomic mass is 10.2. The van der Waals surface area contributed by atoms with Gasteiger partial charge < -0.3 is 10.7 Å². The average Bonchev–Trinajstić information content (AvgIpc) is 2.39. The summed E-state index contributed by atoms with van der Waals surface area (Å²) in [7, 11) is 0. The molecule has 0 aliphatic rings. The molecule has 0 heterocycles. The number of hydrazine groups is 1. The van der Waals surface area contributed by atoms with Crippen LogP contribution >= 0.6 is 0 Å². The molecule has 2 aromatic rings. The smallest absolute Gasteiger partial charge is 0.271 e. The summed E-state index contributed by atoms with van der Waals surface area (Å²) in [5.74, 6) is 5.94. The van der Waals surface area contributed by atoms with E-state index < -0.39 is 4.92 Å². The first-order valence-electron chi connectivity index (χ1n) is 5.68. The van der Waals surface area contributed by atoms with Gasteiger partial charge >= 0.3 is 0 Å². The van der Waals surface area contributed by atoms with Gasteiger partial charge in [0.1, 0.15) is 0 Å². The van der Waals surface area contributed by atoms with Crippen LogP contribution in [0.3, 0.4) is 0 Å². The first-order valence-corrected chi connectivity index (χ1v) is 5.68. The Balaban J connectivity index is 2.20. The molecule has 0 saturated carbocycles. The lowest BCUT2D eigenvalue weighted by molar-refractivity contribution is -0.384. The number of nitrogen functional groups attached to an aromatic ring is 1. The van der Waals surface area contributed by atoms with Crippen molar-refractivity contribution in [1.29, 1.82) is 0 Å². The quantitative estimate of drug-likeness (QED) is 0.378. The summed E-state index contributed by atoms with van der Waals surface area (Å²) in [4.78, 5) is 10.1. The SMILES string of the molecule is Nc1cc([N+](=O)[O-])ccc1N(N)Cc1ccccc1. The van der Waals surface area contributed by atoms with E-state index in [0.717, 1.165) is 5.56 Å². The van der Waals surface area contributed by atoms with Crippen LogP contribution in [0.4, 0.5) is 17.1 Å². The Morgan fingerprint density at radius 3 is 2.42 bits per heavy atom. The Morgan fingerprint density at radius 1 is 1.16 bits per heavy atom. The van der Waals surface area contributed by atoms with E-state index >= 15 is 0 Å². The van der Waals surface area contributed by atoms with Gasteiger partial charge in [-0.05, 0) is 11.6 Å². The van der Waals surface area contributed by atoms with E-state index in [-0.39, 0.29) is 11.4 Å². The summed E-state index contributed by atoms with van der Waals surface area (Å²) in [6, 6.07) is 13.9. The van der Waals surface area contributed by atoms with Crippen LogP contribution in [0.5, 0.6) is 0 Å². The molecule has 6 nitrogen and oxygen atoms in total. The van der Waals surface area contributed by atoms with Gasteiger partial charge in [0.15, 0.2) is 0 Å². The Labute approximate surface area is 110 Å². The second kappa shape index (κ2) is 5.36. The number of non-ortho nitro benzene ring substituents is 1. The molecule has 19 heavy (non-hydrogen) atoms. The largest absolute Gasteiger partial charge is 0.397 e. The predicted octanol–water partition coefficient (Wildman–Crippen LogP) is 2.06. The topological polar surface area (TPSA) is 98.4 Å². The fourth-order valence-corrected chi connectivity index (χ4v) is 1.78. The third-order valence-corrected chi connectivity index (χ3v) is 2.73. The maximum atomic E-state index is 10.6. The Kier molecular flexibility index (Phi) is 3.63. The standard InChI is InChI=1S/C13H14N4O2/c14-12-8-11(17(18)19)6-7-13(12)16(15)9-10-4-2-1-3-5-10/h1-8H,9,14-15H2. The zero-order valence-corrected chi connectivity index (χ0v) is 10.2. The number of nitrogens with zero attached hydrogens (tertiary/aromatic N) is 2. The highest BCUT2D eigenvalue weighted by molar-refractivity contribution is 5.70. The van der Waals surface area contributed by atoms with E-state index in [9.17, 15) is 10.1 Å². The summed E-state index contributed by atoms with van der Waals surface area (Å²) < 4.78 is 0. The zero-order chi connectivity index (χ0) is 13.8. The van der Waals surface area contributed by atoms with E-state index in [0.29, 0.717) is 12.2 Å². The van der Waals surface area contributed by atoms with Crippen LogP contribution in [-0.2, 0) is 6.54 Å². The summed E-state index contributed by atoms with van der Waals surface area (Å²) in [6.45, 7) is 0.475. The molecule has 0 aliphatic carbocycles. The average molecular weight is 258 g/mol. The van der Waals surface area contributed by atoms with Gasteiger partial charge in [-0.3, -0.25) is 10.1 Å². The molecule has 0 radical (unpaired) electrons. The van der Waals surface area contributed by atoms with Crippen LogP contribution < -0.4 is 16.6 Å². The number of benzene rings is 2. The van der Waals surface area contributed by atoms with Crippen molar-refractivity contribution in [2.75, 3.05) is 10.7 Å². The molecule has 0 amide bonds. The van der Waals surface area contributed by atoms with Gasteiger partial charge in [0.25, 0.3) is 5.69 Å². The Morgan fingerprint density at radius 2 is 1.84 bits per heavy atom. The first-order chi connectivity index (χ1) is 9.08. The lowest BCUT2D eigenvalue weighted by Gasteiger charge is -2.20. The number of rotatable bonds is 4. The van der Waals surface area contributed by atoms with Gasteiger partial charge in [0.2, 0.25) is 0 Å². The van der Waals surface area contributed by atoms with Gasteiger partial charge in [-0.1, -0.05) is 30.3 Å². The fourth-order valence-electron chi connectivity index (χ4n) is 1.78. The minimum absolute atomic E-state index is 0.0469. The van der Waals surface area contributed by atoms with Crippen molar-refractivity contribution in [2.45, 2.75) is 6.54 Å². The van der Waals surface area contributed by atoms with Crippen molar-refractivity contribution >= 4 is 17.1 Å². The zero-order valence-electron chi connectivity index (χ0n) is 10.2. The second-order valence-electron chi connectivity index (χ2n) is 4.11. The third-order valence-electron chi connectivity index (χ3n) is 2.73. The van der Waals surface area contributed by atoms with Crippen molar-refractivity contribution in [1.82, 2.24) is 0 Å². The van der Waals surface area contributed by atoms with Gasteiger partial charge in [-0.2, -0.15) is 0 Å². The Bertz CT molecular complexity index is 586. The van der Waals surface area contributed by atoms with Crippen LogP contribution in [0.25, 0.3) is 0 Å². The molecule has 0 unspecified atom stereocenters. The summed E-state index contributed by atoms with van der Waals surface area (Å²) in [5.41, 5.74) is 7.62. The van der Waals surface area contributed by atoms with E-state index in [1.165, 1.54) is 17.1 Å². The van der Waals surface area contributed by atoms with Crippen LogP contribution in [0, 0.1) is 10.1 Å². The molecule has 0 aromatic heterocycles. The Hall–Kier alpha value is -2.60. The minimum Gasteiger partial charge on any atom is -0.397 e. The minimum atomic E-state index is -0.488. The molecule has 2 rings (SSSR count).